The van der Waals surface area contributed by atoms with E-state index >= 15 is 0 Å². The molecule has 0 spiro atoms. The Kier molecular flexibility index (Phi) is 2.40. The van der Waals surface area contributed by atoms with Crippen molar-refractivity contribution in [2.75, 3.05) is 0 Å². The fraction of sp³-hybridized carbons (Fsp3) is 0.308. The molecule has 18 heavy (non-hydrogen) atoms. The zero-order chi connectivity index (χ0) is 12.7. The van der Waals surface area contributed by atoms with E-state index in [1.807, 2.05) is 6.92 Å². The van der Waals surface area contributed by atoms with Crippen molar-refractivity contribution in [1.29, 1.82) is 0 Å². The summed E-state index contributed by atoms with van der Waals surface area (Å²) in [5.41, 5.74) is 1.67. The molecule has 2 aromatic rings. The molecule has 2 heterocycles. The SMILES string of the molecule is Cc1occc1-c1ncc(C(=O)O)c(C2CC2)n1. The molecule has 0 atom stereocenters. The van der Waals surface area contributed by atoms with Gasteiger partial charge in [0.1, 0.15) is 5.76 Å². The van der Waals surface area contributed by atoms with Crippen LogP contribution >= 0.6 is 0 Å². The highest BCUT2D eigenvalue weighted by Gasteiger charge is 2.30. The molecule has 0 amide bonds. The van der Waals surface area contributed by atoms with Gasteiger partial charge in [0.25, 0.3) is 0 Å². The van der Waals surface area contributed by atoms with Gasteiger partial charge < -0.3 is 9.52 Å². The summed E-state index contributed by atoms with van der Waals surface area (Å²) in [5, 5.41) is 9.12. The van der Waals surface area contributed by atoms with Crippen LogP contribution in [0.4, 0.5) is 0 Å². The summed E-state index contributed by atoms with van der Waals surface area (Å²) < 4.78 is 5.22. The number of carbonyl (C=O) groups is 1. The van der Waals surface area contributed by atoms with Gasteiger partial charge in [-0.1, -0.05) is 0 Å². The first-order chi connectivity index (χ1) is 8.66. The molecule has 0 bridgehead atoms. The molecule has 0 radical (unpaired) electrons. The van der Waals surface area contributed by atoms with Gasteiger partial charge in [0.15, 0.2) is 5.82 Å². The lowest BCUT2D eigenvalue weighted by atomic mass is 10.1. The third kappa shape index (κ3) is 1.77. The number of carboxylic acid groups (broad SMARTS) is 1. The van der Waals surface area contributed by atoms with Crippen LogP contribution in [0.3, 0.4) is 0 Å². The number of carboxylic acids is 1. The molecule has 3 rings (SSSR count). The van der Waals surface area contributed by atoms with E-state index in [1.165, 1.54) is 6.20 Å². The Morgan fingerprint density at radius 3 is 2.83 bits per heavy atom. The van der Waals surface area contributed by atoms with E-state index in [4.69, 9.17) is 9.52 Å². The van der Waals surface area contributed by atoms with Crippen molar-refractivity contribution in [1.82, 2.24) is 9.97 Å². The van der Waals surface area contributed by atoms with Crippen LogP contribution in [0.2, 0.25) is 0 Å². The summed E-state index contributed by atoms with van der Waals surface area (Å²) >= 11 is 0. The Balaban J connectivity index is 2.11. The first-order valence-electron chi connectivity index (χ1n) is 5.81. The lowest BCUT2D eigenvalue weighted by Gasteiger charge is -2.05. The van der Waals surface area contributed by atoms with Crippen LogP contribution in [0.5, 0.6) is 0 Å². The molecular weight excluding hydrogens is 232 g/mol. The second-order valence-corrected chi connectivity index (χ2v) is 4.46. The maximum atomic E-state index is 11.1. The Hall–Kier alpha value is -2.17. The molecule has 5 nitrogen and oxygen atoms in total. The summed E-state index contributed by atoms with van der Waals surface area (Å²) in [7, 11) is 0. The van der Waals surface area contributed by atoms with Crippen molar-refractivity contribution >= 4 is 5.97 Å². The number of nitrogens with zero attached hydrogens (tertiary/aromatic N) is 2. The van der Waals surface area contributed by atoms with Crippen LogP contribution in [-0.4, -0.2) is 21.0 Å². The molecular formula is C13H12N2O3. The molecule has 1 aliphatic carbocycles. The van der Waals surface area contributed by atoms with Crippen LogP contribution in [0, 0.1) is 6.92 Å². The molecule has 1 aliphatic rings. The number of furan rings is 1. The largest absolute Gasteiger partial charge is 0.478 e. The Labute approximate surface area is 103 Å². The van der Waals surface area contributed by atoms with Crippen molar-refractivity contribution < 1.29 is 14.3 Å². The first-order valence-corrected chi connectivity index (χ1v) is 5.81. The maximum absolute atomic E-state index is 11.1. The highest BCUT2D eigenvalue weighted by Crippen LogP contribution is 2.41. The number of rotatable bonds is 3. The number of hydrogen-bond acceptors (Lipinski definition) is 4. The van der Waals surface area contributed by atoms with Crippen molar-refractivity contribution in [3.63, 3.8) is 0 Å². The molecule has 1 N–H and O–H groups in total. The van der Waals surface area contributed by atoms with E-state index in [0.29, 0.717) is 11.5 Å². The normalized spacial score (nSPS) is 14.7. The van der Waals surface area contributed by atoms with E-state index in [1.54, 1.807) is 12.3 Å². The minimum atomic E-state index is -0.965. The van der Waals surface area contributed by atoms with Crippen LogP contribution < -0.4 is 0 Å². The summed E-state index contributed by atoms with van der Waals surface area (Å²) in [6, 6.07) is 1.79. The minimum absolute atomic E-state index is 0.211. The number of hydrogen-bond donors (Lipinski definition) is 1. The minimum Gasteiger partial charge on any atom is -0.478 e. The average Bonchev–Trinajstić information content (AvgIpc) is 3.11. The highest BCUT2D eigenvalue weighted by atomic mass is 16.4. The molecule has 0 aromatic carbocycles. The second-order valence-electron chi connectivity index (χ2n) is 4.46. The molecule has 0 aliphatic heterocycles. The van der Waals surface area contributed by atoms with Crippen molar-refractivity contribution in [3.8, 4) is 11.4 Å². The lowest BCUT2D eigenvalue weighted by molar-refractivity contribution is 0.0694. The fourth-order valence-electron chi connectivity index (χ4n) is 1.97. The zero-order valence-corrected chi connectivity index (χ0v) is 9.88. The van der Waals surface area contributed by atoms with Gasteiger partial charge in [-0.15, -0.1) is 0 Å². The summed E-state index contributed by atoms with van der Waals surface area (Å²) in [6.07, 6.45) is 4.98. The summed E-state index contributed by atoms with van der Waals surface area (Å²) in [5.74, 6) is 0.574. The molecule has 92 valence electrons. The predicted molar refractivity (Wildman–Crippen MR) is 63.4 cm³/mol. The van der Waals surface area contributed by atoms with E-state index in [0.717, 1.165) is 24.2 Å². The number of aromatic carboxylic acids is 1. The van der Waals surface area contributed by atoms with Gasteiger partial charge in [0, 0.05) is 12.1 Å². The Bertz CT molecular complexity index is 614. The van der Waals surface area contributed by atoms with Gasteiger partial charge in [0.05, 0.1) is 23.1 Å². The lowest BCUT2D eigenvalue weighted by Crippen LogP contribution is -2.06. The summed E-state index contributed by atoms with van der Waals surface area (Å²) in [6.45, 7) is 1.83. The maximum Gasteiger partial charge on any atom is 0.339 e. The van der Waals surface area contributed by atoms with E-state index in [-0.39, 0.29) is 11.5 Å². The molecule has 5 heteroatoms. The quantitative estimate of drug-likeness (QED) is 0.898. The van der Waals surface area contributed by atoms with Gasteiger partial charge in [-0.2, -0.15) is 0 Å². The second kappa shape index (κ2) is 3.94. The number of aryl methyl sites for hydroxylation is 1. The van der Waals surface area contributed by atoms with E-state index < -0.39 is 5.97 Å². The molecule has 2 aromatic heterocycles. The zero-order valence-electron chi connectivity index (χ0n) is 9.88. The van der Waals surface area contributed by atoms with Crippen molar-refractivity contribution in [3.05, 3.63) is 35.5 Å². The fourth-order valence-corrected chi connectivity index (χ4v) is 1.97. The average molecular weight is 244 g/mol. The van der Waals surface area contributed by atoms with Crippen LogP contribution in [0.1, 0.15) is 40.6 Å². The molecule has 0 saturated heterocycles. The summed E-state index contributed by atoms with van der Waals surface area (Å²) in [4.78, 5) is 19.6. The first kappa shape index (κ1) is 11.0. The molecule has 1 saturated carbocycles. The third-order valence-electron chi connectivity index (χ3n) is 3.11. The van der Waals surface area contributed by atoms with Crippen LogP contribution in [-0.2, 0) is 0 Å². The van der Waals surface area contributed by atoms with Gasteiger partial charge in [-0.3, -0.25) is 0 Å². The molecule has 0 unspecified atom stereocenters. The van der Waals surface area contributed by atoms with Gasteiger partial charge in [0.2, 0.25) is 0 Å². The topological polar surface area (TPSA) is 76.2 Å². The standard InChI is InChI=1S/C13H12N2O3/c1-7-9(4-5-18-7)12-14-6-10(13(16)17)11(15-12)8-2-3-8/h4-6,8H,2-3H2,1H3,(H,16,17). The van der Waals surface area contributed by atoms with Crippen molar-refractivity contribution in [2.45, 2.75) is 25.7 Å². The third-order valence-corrected chi connectivity index (χ3v) is 3.11. The monoisotopic (exact) mass is 244 g/mol. The Morgan fingerprint density at radius 1 is 1.50 bits per heavy atom. The molecule has 1 fully saturated rings. The van der Waals surface area contributed by atoms with Crippen LogP contribution in [0.15, 0.2) is 22.9 Å². The highest BCUT2D eigenvalue weighted by molar-refractivity contribution is 5.89. The smallest absolute Gasteiger partial charge is 0.339 e. The Morgan fingerprint density at radius 2 is 2.28 bits per heavy atom. The number of aromatic nitrogens is 2. The van der Waals surface area contributed by atoms with Crippen LogP contribution in [0.25, 0.3) is 11.4 Å². The van der Waals surface area contributed by atoms with E-state index in [9.17, 15) is 4.79 Å². The van der Waals surface area contributed by atoms with Crippen molar-refractivity contribution in [2.24, 2.45) is 0 Å². The van der Waals surface area contributed by atoms with Gasteiger partial charge >= 0.3 is 5.97 Å². The van der Waals surface area contributed by atoms with Gasteiger partial charge in [-0.05, 0) is 25.8 Å². The van der Waals surface area contributed by atoms with Gasteiger partial charge in [-0.25, -0.2) is 14.8 Å². The predicted octanol–water partition coefficient (Wildman–Crippen LogP) is 2.62. The van der Waals surface area contributed by atoms with E-state index in [2.05, 4.69) is 9.97 Å².